The number of ether oxygens (including phenoxy) is 1. The molecule has 2 fully saturated rings. The number of benzene rings is 2. The molecule has 1 heterocycles. The van der Waals surface area contributed by atoms with Gasteiger partial charge in [0.05, 0.1) is 17.5 Å². The summed E-state index contributed by atoms with van der Waals surface area (Å²) in [6.45, 7) is 7.07. The minimum Gasteiger partial charge on any atom is -0.489 e. The lowest BCUT2D eigenvalue weighted by molar-refractivity contribution is -0.123. The van der Waals surface area contributed by atoms with Crippen LogP contribution in [-0.4, -0.2) is 11.8 Å². The zero-order valence-electron chi connectivity index (χ0n) is 17.7. The lowest BCUT2D eigenvalue weighted by Gasteiger charge is -2.19. The first-order valence-electron chi connectivity index (χ1n) is 10.7. The van der Waals surface area contributed by atoms with Gasteiger partial charge in [0.25, 0.3) is 0 Å². The number of carbonyl (C=O) groups excluding carboxylic acids is 2. The average molecular weight is 402 g/mol. The molecule has 5 rings (SSSR count). The molecular formula is C26H27NO3. The van der Waals surface area contributed by atoms with E-state index in [4.69, 9.17) is 4.74 Å². The highest BCUT2D eigenvalue weighted by atomic mass is 16.5. The van der Waals surface area contributed by atoms with E-state index in [2.05, 4.69) is 57.2 Å². The smallest absolute Gasteiger partial charge is 0.238 e. The van der Waals surface area contributed by atoms with E-state index < -0.39 is 0 Å². The Hall–Kier alpha value is -2.88. The predicted molar refractivity (Wildman–Crippen MR) is 116 cm³/mol. The maximum atomic E-state index is 12.9. The Morgan fingerprint density at radius 2 is 1.43 bits per heavy atom. The van der Waals surface area contributed by atoms with Gasteiger partial charge in [-0.2, -0.15) is 0 Å². The number of rotatable bonds is 4. The van der Waals surface area contributed by atoms with E-state index in [0.29, 0.717) is 12.3 Å². The molecule has 0 spiro atoms. The third-order valence-electron chi connectivity index (χ3n) is 6.79. The molecule has 3 aliphatic rings. The van der Waals surface area contributed by atoms with Crippen molar-refractivity contribution in [1.82, 2.24) is 0 Å². The van der Waals surface area contributed by atoms with Crippen molar-refractivity contribution in [2.24, 2.45) is 23.7 Å². The lowest BCUT2D eigenvalue weighted by Crippen LogP contribution is -2.32. The Labute approximate surface area is 177 Å². The van der Waals surface area contributed by atoms with Gasteiger partial charge in [0.1, 0.15) is 12.4 Å². The first kappa shape index (κ1) is 19.1. The van der Waals surface area contributed by atoms with Crippen LogP contribution in [0.15, 0.2) is 60.7 Å². The number of carbonyl (C=O) groups is 2. The van der Waals surface area contributed by atoms with Gasteiger partial charge in [-0.1, -0.05) is 57.2 Å². The fraction of sp³-hybridized carbons (Fsp3) is 0.385. The van der Waals surface area contributed by atoms with Gasteiger partial charge >= 0.3 is 0 Å². The van der Waals surface area contributed by atoms with Crippen LogP contribution in [0.25, 0.3) is 0 Å². The van der Waals surface area contributed by atoms with Crippen LogP contribution >= 0.6 is 0 Å². The van der Waals surface area contributed by atoms with Crippen LogP contribution in [0.5, 0.6) is 5.75 Å². The maximum Gasteiger partial charge on any atom is 0.238 e. The lowest BCUT2D eigenvalue weighted by atomic mass is 9.85. The SMILES string of the molecule is CC(C)(C)c1ccc(COc2ccc(N3C(=O)[C@@H]4[C@@H](C3=O)[C@H]3C=C[C@@H]4C3)cc2)cc1. The molecule has 0 radical (unpaired) electrons. The summed E-state index contributed by atoms with van der Waals surface area (Å²) in [5.41, 5.74) is 3.17. The fourth-order valence-electron chi connectivity index (χ4n) is 5.12. The molecule has 2 aromatic carbocycles. The van der Waals surface area contributed by atoms with E-state index in [1.807, 2.05) is 24.3 Å². The Morgan fingerprint density at radius 1 is 0.867 bits per heavy atom. The van der Waals surface area contributed by atoms with E-state index in [1.54, 1.807) is 0 Å². The van der Waals surface area contributed by atoms with Crippen molar-refractivity contribution in [3.05, 3.63) is 71.8 Å². The van der Waals surface area contributed by atoms with Gasteiger partial charge in [-0.05, 0) is 59.1 Å². The summed E-state index contributed by atoms with van der Waals surface area (Å²) in [5, 5.41) is 0. The topological polar surface area (TPSA) is 46.6 Å². The number of amides is 2. The van der Waals surface area contributed by atoms with Gasteiger partial charge in [0, 0.05) is 0 Å². The Bertz CT molecular complexity index is 984. The number of hydrogen-bond acceptors (Lipinski definition) is 3. The molecule has 1 saturated carbocycles. The van der Waals surface area contributed by atoms with Crippen molar-refractivity contribution in [2.45, 2.75) is 39.2 Å². The van der Waals surface area contributed by atoms with Crippen molar-refractivity contribution in [3.8, 4) is 5.75 Å². The largest absolute Gasteiger partial charge is 0.489 e. The summed E-state index contributed by atoms with van der Waals surface area (Å²) in [7, 11) is 0. The van der Waals surface area contributed by atoms with Gasteiger partial charge < -0.3 is 4.74 Å². The van der Waals surface area contributed by atoms with E-state index in [-0.39, 0.29) is 40.9 Å². The van der Waals surface area contributed by atoms with E-state index in [0.717, 1.165) is 17.7 Å². The van der Waals surface area contributed by atoms with Gasteiger partial charge in [0.2, 0.25) is 11.8 Å². The van der Waals surface area contributed by atoms with Crippen LogP contribution in [-0.2, 0) is 21.6 Å². The first-order valence-corrected chi connectivity index (χ1v) is 10.7. The van der Waals surface area contributed by atoms with E-state index in [1.165, 1.54) is 10.5 Å². The van der Waals surface area contributed by atoms with Crippen LogP contribution in [0.2, 0.25) is 0 Å². The summed E-state index contributed by atoms with van der Waals surface area (Å²) in [6.07, 6.45) is 5.18. The average Bonchev–Trinajstić information content (AvgIpc) is 3.40. The molecule has 2 aliphatic carbocycles. The molecule has 154 valence electrons. The zero-order chi connectivity index (χ0) is 21.0. The molecule has 0 N–H and O–H groups in total. The molecule has 4 atom stereocenters. The number of imide groups is 1. The number of anilines is 1. The van der Waals surface area contributed by atoms with E-state index in [9.17, 15) is 9.59 Å². The third-order valence-corrected chi connectivity index (χ3v) is 6.79. The normalized spacial score (nSPS) is 27.1. The molecule has 4 nitrogen and oxygen atoms in total. The molecule has 2 amide bonds. The summed E-state index contributed by atoms with van der Waals surface area (Å²) in [4.78, 5) is 27.2. The molecular weight excluding hydrogens is 374 g/mol. The predicted octanol–water partition coefficient (Wildman–Crippen LogP) is 4.87. The summed E-state index contributed by atoms with van der Waals surface area (Å²) >= 11 is 0. The molecule has 1 aliphatic heterocycles. The number of nitrogens with zero attached hydrogens (tertiary/aromatic N) is 1. The Balaban J connectivity index is 1.25. The molecule has 30 heavy (non-hydrogen) atoms. The van der Waals surface area contributed by atoms with Crippen molar-refractivity contribution < 1.29 is 14.3 Å². The van der Waals surface area contributed by atoms with Gasteiger partial charge in [-0.3, -0.25) is 14.5 Å². The summed E-state index contributed by atoms with van der Waals surface area (Å²) < 4.78 is 5.91. The highest BCUT2D eigenvalue weighted by molar-refractivity contribution is 6.22. The standard InChI is InChI=1S/C26H27NO3/c1-26(2,3)19-8-4-16(5-9-19)15-30-21-12-10-20(11-13-21)27-24(28)22-17-6-7-18(14-17)23(22)25(27)29/h4-13,17-18,22-23H,14-15H2,1-3H3/t17-,18+,22-,23-/m0/s1. The van der Waals surface area contributed by atoms with Crippen molar-refractivity contribution in [2.75, 3.05) is 4.90 Å². The fourth-order valence-corrected chi connectivity index (χ4v) is 5.12. The minimum atomic E-state index is -0.167. The van der Waals surface area contributed by atoms with Crippen LogP contribution < -0.4 is 9.64 Å². The number of hydrogen-bond donors (Lipinski definition) is 0. The second-order valence-electron chi connectivity index (χ2n) is 9.74. The Morgan fingerprint density at radius 3 is 1.97 bits per heavy atom. The first-order chi connectivity index (χ1) is 14.3. The van der Waals surface area contributed by atoms with Crippen LogP contribution in [0.1, 0.15) is 38.3 Å². The maximum absolute atomic E-state index is 12.9. The van der Waals surface area contributed by atoms with Gasteiger partial charge in [-0.25, -0.2) is 0 Å². The van der Waals surface area contributed by atoms with Crippen LogP contribution in [0, 0.1) is 23.7 Å². The highest BCUT2D eigenvalue weighted by Crippen LogP contribution is 2.53. The summed E-state index contributed by atoms with van der Waals surface area (Å²) in [5.74, 6) is 0.755. The number of fused-ring (bicyclic) bond motifs is 5. The highest BCUT2D eigenvalue weighted by Gasteiger charge is 2.59. The second-order valence-corrected chi connectivity index (χ2v) is 9.74. The van der Waals surface area contributed by atoms with Crippen molar-refractivity contribution >= 4 is 17.5 Å². The minimum absolute atomic E-state index is 0.0468. The molecule has 1 saturated heterocycles. The molecule has 0 aromatic heterocycles. The van der Waals surface area contributed by atoms with Gasteiger partial charge in [0.15, 0.2) is 0 Å². The number of allylic oxidation sites excluding steroid dienone is 2. The van der Waals surface area contributed by atoms with Crippen LogP contribution in [0.3, 0.4) is 0 Å². The van der Waals surface area contributed by atoms with E-state index >= 15 is 0 Å². The quantitative estimate of drug-likeness (QED) is 0.542. The molecule has 2 aromatic rings. The van der Waals surface area contributed by atoms with Crippen molar-refractivity contribution in [1.29, 1.82) is 0 Å². The zero-order valence-corrected chi connectivity index (χ0v) is 17.7. The Kier molecular flexibility index (Phi) is 4.35. The third kappa shape index (κ3) is 3.06. The molecule has 4 heteroatoms. The second kappa shape index (κ2) is 6.83. The van der Waals surface area contributed by atoms with Crippen LogP contribution in [0.4, 0.5) is 5.69 Å². The molecule has 0 unspecified atom stereocenters. The summed E-state index contributed by atoms with van der Waals surface area (Å²) in [6, 6.07) is 15.8. The van der Waals surface area contributed by atoms with Crippen molar-refractivity contribution in [3.63, 3.8) is 0 Å². The van der Waals surface area contributed by atoms with Gasteiger partial charge in [-0.15, -0.1) is 0 Å². The monoisotopic (exact) mass is 401 g/mol. The molecule has 2 bridgehead atoms.